The maximum Gasteiger partial charge on any atom is 0.267 e. The highest BCUT2D eigenvalue weighted by atomic mass is 16.6. The molecule has 0 radical (unpaired) electrons. The summed E-state index contributed by atoms with van der Waals surface area (Å²) in [5, 5.41) is 13.0. The van der Waals surface area contributed by atoms with Gasteiger partial charge in [0.15, 0.2) is 0 Å². The van der Waals surface area contributed by atoms with E-state index < -0.39 is 4.92 Å². The summed E-state index contributed by atoms with van der Waals surface area (Å²) < 4.78 is 0. The molecule has 1 aliphatic rings. The molecule has 0 aliphatic carbocycles. The molecule has 5 nitrogen and oxygen atoms in total. The molecule has 1 heterocycles. The van der Waals surface area contributed by atoms with Gasteiger partial charge in [-0.1, -0.05) is 6.92 Å². The summed E-state index contributed by atoms with van der Waals surface area (Å²) in [4.78, 5) is 20.8. The molecular weight excluding hydrogens is 172 g/mol. The molecule has 1 rings (SSSR count). The highest BCUT2D eigenvalue weighted by molar-refractivity contribution is 5.85. The van der Waals surface area contributed by atoms with Gasteiger partial charge < -0.3 is 5.32 Å². The summed E-state index contributed by atoms with van der Waals surface area (Å²) >= 11 is 0. The second-order valence-corrected chi connectivity index (χ2v) is 2.74. The van der Waals surface area contributed by atoms with Gasteiger partial charge in [-0.25, -0.2) is 0 Å². The third-order valence-corrected chi connectivity index (χ3v) is 1.91. The normalized spacial score (nSPS) is 15.9. The van der Waals surface area contributed by atoms with Crippen LogP contribution in [-0.2, 0) is 4.79 Å². The minimum Gasteiger partial charge on any atom is -0.329 e. The zero-order valence-electron chi connectivity index (χ0n) is 7.29. The van der Waals surface area contributed by atoms with Crippen molar-refractivity contribution >= 4 is 5.91 Å². The average Bonchev–Trinajstić information content (AvgIpc) is 2.45. The number of rotatable bonds is 3. The molecule has 1 aliphatic heterocycles. The first-order chi connectivity index (χ1) is 6.06. The zero-order valence-corrected chi connectivity index (χ0v) is 7.29. The van der Waals surface area contributed by atoms with E-state index in [1.165, 1.54) is 0 Å². The van der Waals surface area contributed by atoms with Crippen molar-refractivity contribution in [1.82, 2.24) is 5.32 Å². The number of hydrogen-bond donors (Lipinski definition) is 1. The first-order valence-corrected chi connectivity index (χ1v) is 3.91. The van der Waals surface area contributed by atoms with Gasteiger partial charge >= 0.3 is 0 Å². The molecule has 13 heavy (non-hydrogen) atoms. The lowest BCUT2D eigenvalue weighted by molar-refractivity contribution is -0.420. The Balaban J connectivity index is 2.95. The monoisotopic (exact) mass is 182 g/mol. The van der Waals surface area contributed by atoms with Gasteiger partial charge in [0.05, 0.1) is 16.9 Å². The second-order valence-electron chi connectivity index (χ2n) is 2.74. The lowest BCUT2D eigenvalue weighted by atomic mass is 10.1. The van der Waals surface area contributed by atoms with Crippen LogP contribution in [0.5, 0.6) is 0 Å². The van der Waals surface area contributed by atoms with E-state index >= 15 is 0 Å². The van der Waals surface area contributed by atoms with Crippen molar-refractivity contribution < 1.29 is 9.72 Å². The Morgan fingerprint density at radius 2 is 2.38 bits per heavy atom. The van der Waals surface area contributed by atoms with Gasteiger partial charge in [0.2, 0.25) is 5.91 Å². The molecule has 0 saturated carbocycles. The van der Waals surface area contributed by atoms with Crippen molar-refractivity contribution in [3.63, 3.8) is 0 Å². The van der Waals surface area contributed by atoms with Crippen LogP contribution in [-0.4, -0.2) is 10.8 Å². The van der Waals surface area contributed by atoms with E-state index in [4.69, 9.17) is 0 Å². The van der Waals surface area contributed by atoms with Crippen molar-refractivity contribution in [2.45, 2.75) is 19.8 Å². The number of nitro groups is 1. The van der Waals surface area contributed by atoms with Crippen LogP contribution in [0.2, 0.25) is 0 Å². The number of hydrogen-bond acceptors (Lipinski definition) is 3. The highest BCUT2D eigenvalue weighted by Crippen LogP contribution is 2.23. The van der Waals surface area contributed by atoms with Crippen molar-refractivity contribution in [1.29, 1.82) is 0 Å². The Morgan fingerprint density at radius 3 is 2.85 bits per heavy atom. The molecule has 70 valence electrons. The minimum atomic E-state index is -0.564. The number of carbonyl (C=O) groups is 1. The Hall–Kier alpha value is -1.65. The van der Waals surface area contributed by atoms with E-state index in [-0.39, 0.29) is 18.0 Å². The van der Waals surface area contributed by atoms with E-state index in [1.54, 1.807) is 0 Å². The predicted octanol–water partition coefficient (Wildman–Crippen LogP) is 0.961. The van der Waals surface area contributed by atoms with Crippen molar-refractivity contribution in [3.8, 4) is 0 Å². The first kappa shape index (κ1) is 9.44. The molecule has 0 unspecified atom stereocenters. The van der Waals surface area contributed by atoms with Crippen LogP contribution in [0.15, 0.2) is 23.5 Å². The highest BCUT2D eigenvalue weighted by Gasteiger charge is 2.27. The quantitative estimate of drug-likeness (QED) is 0.522. The largest absolute Gasteiger partial charge is 0.329 e. The fourth-order valence-corrected chi connectivity index (χ4v) is 1.24. The maximum absolute atomic E-state index is 10.9. The van der Waals surface area contributed by atoms with Gasteiger partial charge in [-0.2, -0.15) is 0 Å². The van der Waals surface area contributed by atoms with Crippen LogP contribution in [0.1, 0.15) is 19.8 Å². The number of amides is 1. The van der Waals surface area contributed by atoms with E-state index in [9.17, 15) is 14.9 Å². The van der Waals surface area contributed by atoms with Gasteiger partial charge in [-0.15, -0.1) is 0 Å². The van der Waals surface area contributed by atoms with Crippen LogP contribution < -0.4 is 5.32 Å². The molecule has 5 heteroatoms. The van der Waals surface area contributed by atoms with Crippen LogP contribution in [0.25, 0.3) is 0 Å². The summed E-state index contributed by atoms with van der Waals surface area (Å²) in [5.41, 5.74) is 0.861. The van der Waals surface area contributed by atoms with Crippen LogP contribution >= 0.6 is 0 Å². The van der Waals surface area contributed by atoms with Crippen molar-refractivity contribution in [2.75, 3.05) is 0 Å². The van der Waals surface area contributed by atoms with E-state index in [0.29, 0.717) is 17.7 Å². The average molecular weight is 182 g/mol. The lowest BCUT2D eigenvalue weighted by Crippen LogP contribution is -2.14. The Labute approximate surface area is 75.3 Å². The zero-order chi connectivity index (χ0) is 10.0. The van der Waals surface area contributed by atoms with Gasteiger partial charge in [0, 0.05) is 5.70 Å². The maximum atomic E-state index is 10.9. The number of allylic oxidation sites excluding steroid dienone is 2. The molecule has 0 bridgehead atoms. The van der Waals surface area contributed by atoms with Gasteiger partial charge in [-0.3, -0.25) is 14.9 Å². The standard InChI is InChI=1S/C8H10N2O3/c1-3-7-6(4-8(11)9-7)5(2)10(12)13/h2-4H2,1H3,(H,9,11). The Kier molecular flexibility index (Phi) is 2.46. The molecule has 0 saturated heterocycles. The molecule has 0 atom stereocenters. The number of nitrogens with one attached hydrogen (secondary N) is 1. The summed E-state index contributed by atoms with van der Waals surface area (Å²) in [7, 11) is 0. The number of nitrogens with zero attached hydrogens (tertiary/aromatic N) is 1. The predicted molar refractivity (Wildman–Crippen MR) is 46.2 cm³/mol. The summed E-state index contributed by atoms with van der Waals surface area (Å²) in [6.07, 6.45) is 0.650. The van der Waals surface area contributed by atoms with Gasteiger partial charge in [0.25, 0.3) is 5.70 Å². The van der Waals surface area contributed by atoms with Crippen molar-refractivity contribution in [2.24, 2.45) is 0 Å². The molecule has 1 amide bonds. The summed E-state index contributed by atoms with van der Waals surface area (Å²) in [6.45, 7) is 5.15. The summed E-state index contributed by atoms with van der Waals surface area (Å²) in [6, 6.07) is 0. The van der Waals surface area contributed by atoms with E-state index in [2.05, 4.69) is 11.9 Å². The SMILES string of the molecule is C=C(C1=C(CC)NC(=O)C1)[N+](=O)[O-]. The van der Waals surface area contributed by atoms with E-state index in [0.717, 1.165) is 0 Å². The van der Waals surface area contributed by atoms with Crippen LogP contribution in [0.3, 0.4) is 0 Å². The molecule has 0 fully saturated rings. The number of carbonyl (C=O) groups excluding carboxylic acids is 1. The van der Waals surface area contributed by atoms with Gasteiger partial charge in [-0.05, 0) is 13.0 Å². The Bertz CT molecular complexity index is 317. The molecule has 0 aromatic rings. The minimum absolute atomic E-state index is 0.0724. The lowest BCUT2D eigenvalue weighted by Gasteiger charge is -1.99. The molecule has 0 spiro atoms. The molecule has 1 N–H and O–H groups in total. The Morgan fingerprint density at radius 1 is 1.77 bits per heavy atom. The van der Waals surface area contributed by atoms with Gasteiger partial charge in [0.1, 0.15) is 0 Å². The first-order valence-electron chi connectivity index (χ1n) is 3.91. The van der Waals surface area contributed by atoms with Crippen LogP contribution in [0, 0.1) is 10.1 Å². The third-order valence-electron chi connectivity index (χ3n) is 1.91. The summed E-state index contributed by atoms with van der Waals surface area (Å²) in [5.74, 6) is -0.199. The molecule has 0 aromatic carbocycles. The second kappa shape index (κ2) is 3.38. The van der Waals surface area contributed by atoms with E-state index in [1.807, 2.05) is 6.92 Å². The van der Waals surface area contributed by atoms with Crippen molar-refractivity contribution in [3.05, 3.63) is 33.7 Å². The molecular formula is C8H10N2O3. The smallest absolute Gasteiger partial charge is 0.267 e. The fraction of sp³-hybridized carbons (Fsp3) is 0.375. The van der Waals surface area contributed by atoms with Crippen LogP contribution in [0.4, 0.5) is 0 Å². The molecule has 0 aromatic heterocycles. The fourth-order valence-electron chi connectivity index (χ4n) is 1.24. The third kappa shape index (κ3) is 1.74. The topological polar surface area (TPSA) is 72.2 Å².